The maximum absolute atomic E-state index is 13.5. The third-order valence-corrected chi connectivity index (χ3v) is 9.85. The second kappa shape index (κ2) is 10.9. The van der Waals surface area contributed by atoms with E-state index in [-0.39, 0.29) is 41.3 Å². The quantitative estimate of drug-likeness (QED) is 0.387. The lowest BCUT2D eigenvalue weighted by Gasteiger charge is -2.43. The first kappa shape index (κ1) is 28.3. The molecule has 11 heteroatoms. The summed E-state index contributed by atoms with van der Waals surface area (Å²) in [5, 5.41) is 10.3. The highest BCUT2D eigenvalue weighted by atomic mass is 16.2. The van der Waals surface area contributed by atoms with Crippen molar-refractivity contribution in [2.45, 2.75) is 83.3 Å². The summed E-state index contributed by atoms with van der Waals surface area (Å²) in [6, 6.07) is 4.14. The lowest BCUT2D eigenvalue weighted by atomic mass is 9.69. The molecule has 5 amide bonds. The third kappa shape index (κ3) is 4.96. The van der Waals surface area contributed by atoms with E-state index in [1.807, 2.05) is 15.8 Å². The highest BCUT2D eigenvalue weighted by Gasteiger charge is 2.46. The van der Waals surface area contributed by atoms with Gasteiger partial charge in [-0.1, -0.05) is 25.3 Å². The molecule has 1 aromatic carbocycles. The second-order valence-electron chi connectivity index (χ2n) is 13.0. The van der Waals surface area contributed by atoms with Crippen molar-refractivity contribution < 1.29 is 24.0 Å². The molecule has 1 unspecified atom stereocenters. The molecule has 2 aromatic rings. The Labute approximate surface area is 255 Å². The molecular formula is C33H36N6O5. The molecule has 2 aliphatic carbocycles. The van der Waals surface area contributed by atoms with E-state index in [2.05, 4.69) is 29.4 Å². The minimum absolute atomic E-state index is 0.0678. The van der Waals surface area contributed by atoms with E-state index >= 15 is 0 Å². The molecule has 228 valence electrons. The van der Waals surface area contributed by atoms with Crippen LogP contribution in [0.2, 0.25) is 0 Å². The maximum atomic E-state index is 13.5. The van der Waals surface area contributed by atoms with Crippen molar-refractivity contribution in [1.29, 1.82) is 0 Å². The number of benzene rings is 1. The predicted molar refractivity (Wildman–Crippen MR) is 159 cm³/mol. The largest absolute Gasteiger partial charge is 0.380 e. The Morgan fingerprint density at radius 3 is 2.52 bits per heavy atom. The number of aromatic nitrogens is 2. The van der Waals surface area contributed by atoms with Crippen molar-refractivity contribution in [1.82, 2.24) is 24.9 Å². The number of piperidine rings is 2. The number of carbonyl (C=O) groups excluding carboxylic acids is 5. The first-order valence-corrected chi connectivity index (χ1v) is 15.7. The summed E-state index contributed by atoms with van der Waals surface area (Å²) >= 11 is 0. The highest BCUT2D eigenvalue weighted by molar-refractivity contribution is 6.25. The topological polar surface area (TPSA) is 134 Å². The Morgan fingerprint density at radius 2 is 1.84 bits per heavy atom. The minimum atomic E-state index is -1.02. The fourth-order valence-corrected chi connectivity index (χ4v) is 6.81. The fourth-order valence-electron chi connectivity index (χ4n) is 6.81. The van der Waals surface area contributed by atoms with Crippen LogP contribution in [0.25, 0.3) is 0 Å². The summed E-state index contributed by atoms with van der Waals surface area (Å²) in [7, 11) is 0. The molecule has 1 aromatic heterocycles. The van der Waals surface area contributed by atoms with Crippen molar-refractivity contribution in [3.05, 3.63) is 46.8 Å². The van der Waals surface area contributed by atoms with Crippen LogP contribution in [-0.2, 0) is 20.9 Å². The standard InChI is InChI=1S/C33H36N6O5/c1-33(14-3-15-33)32(44)37-16-12-22(13-17-37)39-25(9-8-20-6-7-20)21(19-35-39)18-34-24-5-2-4-23-28(24)31(43)38(30(23)42)26-10-11-27(40)36-29(26)41/h2,4-5,19-20,22,26,34H,3,6-7,10-18H2,1H3,(H,36,40,41). The molecule has 44 heavy (non-hydrogen) atoms. The van der Waals surface area contributed by atoms with E-state index in [0.29, 0.717) is 31.2 Å². The molecule has 4 fully saturated rings. The summed E-state index contributed by atoms with van der Waals surface area (Å²) in [5.41, 5.74) is 2.46. The lowest BCUT2D eigenvalue weighted by molar-refractivity contribution is -0.147. The lowest BCUT2D eigenvalue weighted by Crippen LogP contribution is -2.54. The Kier molecular flexibility index (Phi) is 7.03. The van der Waals surface area contributed by atoms with Gasteiger partial charge < -0.3 is 10.2 Å². The van der Waals surface area contributed by atoms with E-state index in [9.17, 15) is 24.0 Å². The van der Waals surface area contributed by atoms with Crippen LogP contribution in [0.1, 0.15) is 103 Å². The highest BCUT2D eigenvalue weighted by Crippen LogP contribution is 2.43. The number of imide groups is 2. The van der Waals surface area contributed by atoms with Crippen molar-refractivity contribution in [3.63, 3.8) is 0 Å². The van der Waals surface area contributed by atoms with Crippen molar-refractivity contribution in [2.75, 3.05) is 18.4 Å². The molecule has 7 rings (SSSR count). The number of carbonyl (C=O) groups is 5. The molecular weight excluding hydrogens is 560 g/mol. The number of hydrogen-bond acceptors (Lipinski definition) is 7. The molecule has 4 heterocycles. The van der Waals surface area contributed by atoms with Crippen LogP contribution in [0.5, 0.6) is 0 Å². The summed E-state index contributed by atoms with van der Waals surface area (Å²) in [4.78, 5) is 67.0. The Balaban J connectivity index is 1.09. The van der Waals surface area contributed by atoms with Crippen LogP contribution in [-0.4, -0.2) is 68.2 Å². The average molecular weight is 597 g/mol. The van der Waals surface area contributed by atoms with E-state index < -0.39 is 29.7 Å². The molecule has 2 N–H and O–H groups in total. The van der Waals surface area contributed by atoms with Crippen LogP contribution in [0, 0.1) is 23.2 Å². The summed E-state index contributed by atoms with van der Waals surface area (Å²) in [5.74, 6) is 5.31. The second-order valence-corrected chi connectivity index (χ2v) is 13.0. The summed E-state index contributed by atoms with van der Waals surface area (Å²) in [6.07, 6.45) is 8.88. The van der Waals surface area contributed by atoms with Gasteiger partial charge in [0.15, 0.2) is 0 Å². The number of anilines is 1. The number of fused-ring (bicyclic) bond motifs is 1. The van der Waals surface area contributed by atoms with Gasteiger partial charge in [-0.3, -0.25) is 38.9 Å². The van der Waals surface area contributed by atoms with E-state index in [1.54, 1.807) is 18.2 Å². The van der Waals surface area contributed by atoms with Crippen LogP contribution >= 0.6 is 0 Å². The first-order chi connectivity index (χ1) is 21.2. The zero-order chi connectivity index (χ0) is 30.6. The van der Waals surface area contributed by atoms with Crippen LogP contribution in [0.4, 0.5) is 5.69 Å². The smallest absolute Gasteiger partial charge is 0.264 e. The molecule has 0 spiro atoms. The van der Waals surface area contributed by atoms with Gasteiger partial charge in [-0.05, 0) is 63.0 Å². The van der Waals surface area contributed by atoms with Gasteiger partial charge in [0, 0.05) is 48.6 Å². The number of nitrogens with zero attached hydrogens (tertiary/aromatic N) is 4. The minimum Gasteiger partial charge on any atom is -0.380 e. The third-order valence-electron chi connectivity index (χ3n) is 9.85. The average Bonchev–Trinajstić information content (AvgIpc) is 3.70. The summed E-state index contributed by atoms with van der Waals surface area (Å²) in [6.45, 7) is 3.83. The Morgan fingerprint density at radius 1 is 1.07 bits per heavy atom. The van der Waals surface area contributed by atoms with Gasteiger partial charge in [-0.2, -0.15) is 5.10 Å². The number of likely N-dealkylation sites (tertiary alicyclic amines) is 1. The van der Waals surface area contributed by atoms with E-state index in [0.717, 1.165) is 61.1 Å². The molecule has 5 aliphatic rings. The monoisotopic (exact) mass is 596 g/mol. The van der Waals surface area contributed by atoms with Gasteiger partial charge in [0.2, 0.25) is 17.7 Å². The Bertz CT molecular complexity index is 1630. The SMILES string of the molecule is CC1(C(=O)N2CCC(n3ncc(CNc4cccc5c4C(=O)N(C4CCC(=O)NC4=O)C5=O)c3C#CC3CC3)CC2)CCC1. The summed E-state index contributed by atoms with van der Waals surface area (Å²) < 4.78 is 2.01. The van der Waals surface area contributed by atoms with Gasteiger partial charge in [0.05, 0.1) is 23.4 Å². The zero-order valence-electron chi connectivity index (χ0n) is 24.9. The molecule has 11 nitrogen and oxygen atoms in total. The first-order valence-electron chi connectivity index (χ1n) is 15.7. The number of hydrogen-bond donors (Lipinski definition) is 2. The van der Waals surface area contributed by atoms with E-state index in [4.69, 9.17) is 5.10 Å². The number of rotatable bonds is 6. The Hall–Kier alpha value is -4.46. The molecule has 0 radical (unpaired) electrons. The van der Waals surface area contributed by atoms with Crippen molar-refractivity contribution >= 4 is 35.2 Å². The van der Waals surface area contributed by atoms with Gasteiger partial charge >= 0.3 is 0 Å². The molecule has 1 atom stereocenters. The van der Waals surface area contributed by atoms with Crippen LogP contribution in [0.15, 0.2) is 24.4 Å². The molecule has 3 aliphatic heterocycles. The zero-order valence-corrected chi connectivity index (χ0v) is 24.9. The van der Waals surface area contributed by atoms with Crippen molar-refractivity contribution in [2.24, 2.45) is 11.3 Å². The van der Waals surface area contributed by atoms with Gasteiger partial charge in [0.1, 0.15) is 11.7 Å². The van der Waals surface area contributed by atoms with Crippen LogP contribution in [0.3, 0.4) is 0 Å². The van der Waals surface area contributed by atoms with Gasteiger partial charge in [0.25, 0.3) is 11.8 Å². The van der Waals surface area contributed by atoms with Gasteiger partial charge in [-0.25, -0.2) is 0 Å². The maximum Gasteiger partial charge on any atom is 0.264 e. The van der Waals surface area contributed by atoms with E-state index in [1.165, 1.54) is 0 Å². The predicted octanol–water partition coefficient (Wildman–Crippen LogP) is 3.01. The number of amides is 5. The normalized spacial score (nSPS) is 23.1. The number of nitrogens with one attached hydrogen (secondary N) is 2. The molecule has 2 saturated carbocycles. The van der Waals surface area contributed by atoms with Gasteiger partial charge in [-0.15, -0.1) is 0 Å². The fraction of sp³-hybridized carbons (Fsp3) is 0.515. The molecule has 2 saturated heterocycles. The molecule has 0 bridgehead atoms. The van der Waals surface area contributed by atoms with Crippen molar-refractivity contribution in [3.8, 4) is 11.8 Å². The van der Waals surface area contributed by atoms with Crippen LogP contribution < -0.4 is 10.6 Å².